The van der Waals surface area contributed by atoms with Crippen molar-refractivity contribution in [3.63, 3.8) is 0 Å². The van der Waals surface area contributed by atoms with Gasteiger partial charge in [0, 0.05) is 48.0 Å². The molecule has 0 aliphatic rings. The number of aromatic nitrogens is 2. The van der Waals surface area contributed by atoms with Crippen LogP contribution in [0.1, 0.15) is 15.9 Å². The first-order valence-corrected chi connectivity index (χ1v) is 7.21. The molecule has 0 bridgehead atoms. The predicted molar refractivity (Wildman–Crippen MR) is 85.0 cm³/mol. The van der Waals surface area contributed by atoms with Crippen molar-refractivity contribution in [2.45, 2.75) is 6.54 Å². The summed E-state index contributed by atoms with van der Waals surface area (Å²) in [6, 6.07) is 8.65. The first kappa shape index (κ1) is 15.7. The number of halogens is 2. The molecule has 4 nitrogen and oxygen atoms in total. The van der Waals surface area contributed by atoms with Crippen LogP contribution in [-0.2, 0) is 6.54 Å². The minimum absolute atomic E-state index is 0.0604. The Morgan fingerprint density at radius 2 is 1.79 bits per heavy atom. The summed E-state index contributed by atoms with van der Waals surface area (Å²) >= 11 is 0. The van der Waals surface area contributed by atoms with Gasteiger partial charge in [-0.2, -0.15) is 0 Å². The zero-order valence-corrected chi connectivity index (χ0v) is 12.5. The Labute approximate surface area is 137 Å². The second-order valence-corrected chi connectivity index (χ2v) is 5.14. The van der Waals surface area contributed by atoms with Gasteiger partial charge in [-0.05, 0) is 35.9 Å². The molecule has 1 N–H and O–H groups in total. The van der Waals surface area contributed by atoms with Crippen molar-refractivity contribution < 1.29 is 13.6 Å². The highest BCUT2D eigenvalue weighted by Crippen LogP contribution is 2.18. The Hall–Kier alpha value is -3.15. The van der Waals surface area contributed by atoms with Gasteiger partial charge in [-0.1, -0.05) is 6.07 Å². The molecule has 1 amide bonds. The third-order valence-corrected chi connectivity index (χ3v) is 3.42. The minimum atomic E-state index is -1.05. The fourth-order valence-electron chi connectivity index (χ4n) is 2.20. The van der Waals surface area contributed by atoms with E-state index < -0.39 is 17.5 Å². The molecule has 0 atom stereocenters. The summed E-state index contributed by atoms with van der Waals surface area (Å²) in [5, 5.41) is 2.66. The number of amides is 1. The van der Waals surface area contributed by atoms with E-state index in [4.69, 9.17) is 0 Å². The van der Waals surface area contributed by atoms with Crippen molar-refractivity contribution in [1.29, 1.82) is 0 Å². The van der Waals surface area contributed by atoms with Crippen LogP contribution in [0, 0.1) is 11.6 Å². The number of hydrogen-bond acceptors (Lipinski definition) is 3. The summed E-state index contributed by atoms with van der Waals surface area (Å²) in [5.41, 5.74) is 2.64. The molecule has 0 fully saturated rings. The molecule has 0 aliphatic carbocycles. The number of carbonyl (C=O) groups excluding carboxylic acids is 1. The molecule has 2 heterocycles. The fourth-order valence-corrected chi connectivity index (χ4v) is 2.20. The molecule has 120 valence electrons. The highest BCUT2D eigenvalue weighted by atomic mass is 19.2. The van der Waals surface area contributed by atoms with Gasteiger partial charge in [0.2, 0.25) is 0 Å². The van der Waals surface area contributed by atoms with Gasteiger partial charge in [0.15, 0.2) is 11.6 Å². The molecule has 0 spiro atoms. The van der Waals surface area contributed by atoms with Gasteiger partial charge in [0.1, 0.15) is 0 Å². The van der Waals surface area contributed by atoms with E-state index >= 15 is 0 Å². The zero-order chi connectivity index (χ0) is 16.9. The van der Waals surface area contributed by atoms with E-state index in [0.717, 1.165) is 28.8 Å². The maximum atomic E-state index is 13.2. The summed E-state index contributed by atoms with van der Waals surface area (Å²) < 4.78 is 26.1. The molecule has 0 unspecified atom stereocenters. The standard InChI is InChI=1S/C18H13F2N3O/c19-16-4-3-13(7-17(16)20)18(24)23-9-12-6-15(11-22-8-12)14-2-1-5-21-10-14/h1-8,10-11H,9H2,(H,23,24). The maximum Gasteiger partial charge on any atom is 0.251 e. The minimum Gasteiger partial charge on any atom is -0.348 e. The number of benzene rings is 1. The summed E-state index contributed by atoms with van der Waals surface area (Å²) in [7, 11) is 0. The second-order valence-electron chi connectivity index (χ2n) is 5.14. The number of nitrogens with one attached hydrogen (secondary N) is 1. The van der Waals surface area contributed by atoms with Crippen LogP contribution in [0.3, 0.4) is 0 Å². The van der Waals surface area contributed by atoms with E-state index in [1.165, 1.54) is 6.07 Å². The van der Waals surface area contributed by atoms with Crippen molar-refractivity contribution >= 4 is 5.91 Å². The highest BCUT2D eigenvalue weighted by molar-refractivity contribution is 5.94. The summed E-state index contributed by atoms with van der Waals surface area (Å²) in [6.45, 7) is 0.221. The van der Waals surface area contributed by atoms with Crippen molar-refractivity contribution in [1.82, 2.24) is 15.3 Å². The number of pyridine rings is 2. The largest absolute Gasteiger partial charge is 0.348 e. The van der Waals surface area contributed by atoms with E-state index in [-0.39, 0.29) is 12.1 Å². The van der Waals surface area contributed by atoms with Crippen LogP contribution in [0.15, 0.2) is 61.2 Å². The van der Waals surface area contributed by atoms with E-state index in [2.05, 4.69) is 15.3 Å². The van der Waals surface area contributed by atoms with Crippen molar-refractivity contribution in [2.24, 2.45) is 0 Å². The Morgan fingerprint density at radius 3 is 2.54 bits per heavy atom. The monoisotopic (exact) mass is 325 g/mol. The summed E-state index contributed by atoms with van der Waals surface area (Å²) in [6.07, 6.45) is 6.74. The molecule has 0 aliphatic heterocycles. The molecule has 0 saturated carbocycles. The van der Waals surface area contributed by atoms with Crippen molar-refractivity contribution in [3.05, 3.63) is 83.9 Å². The molecule has 2 aromatic heterocycles. The summed E-state index contributed by atoms with van der Waals surface area (Å²) in [5.74, 6) is -2.52. The number of nitrogens with zero attached hydrogens (tertiary/aromatic N) is 2. The average Bonchev–Trinajstić information content (AvgIpc) is 2.63. The van der Waals surface area contributed by atoms with Gasteiger partial charge in [-0.3, -0.25) is 14.8 Å². The molecule has 1 aromatic carbocycles. The van der Waals surface area contributed by atoms with Gasteiger partial charge >= 0.3 is 0 Å². The van der Waals surface area contributed by atoms with Crippen LogP contribution in [0.2, 0.25) is 0 Å². The third kappa shape index (κ3) is 3.60. The first-order valence-electron chi connectivity index (χ1n) is 7.21. The second kappa shape index (κ2) is 6.95. The summed E-state index contributed by atoms with van der Waals surface area (Å²) in [4.78, 5) is 20.2. The Balaban J connectivity index is 1.70. The van der Waals surface area contributed by atoms with E-state index in [0.29, 0.717) is 0 Å². The van der Waals surface area contributed by atoms with Crippen LogP contribution < -0.4 is 5.32 Å². The Bertz CT molecular complexity index is 869. The number of rotatable bonds is 4. The van der Waals surface area contributed by atoms with Crippen LogP contribution in [0.5, 0.6) is 0 Å². The van der Waals surface area contributed by atoms with E-state index in [9.17, 15) is 13.6 Å². The topological polar surface area (TPSA) is 54.9 Å². The van der Waals surface area contributed by atoms with Crippen molar-refractivity contribution in [2.75, 3.05) is 0 Å². The molecule has 3 rings (SSSR count). The quantitative estimate of drug-likeness (QED) is 0.800. The lowest BCUT2D eigenvalue weighted by Gasteiger charge is -2.07. The van der Waals surface area contributed by atoms with Crippen LogP contribution >= 0.6 is 0 Å². The van der Waals surface area contributed by atoms with Gasteiger partial charge in [-0.25, -0.2) is 8.78 Å². The van der Waals surface area contributed by atoms with Crippen LogP contribution in [-0.4, -0.2) is 15.9 Å². The average molecular weight is 325 g/mol. The molecule has 6 heteroatoms. The van der Waals surface area contributed by atoms with Crippen LogP contribution in [0.25, 0.3) is 11.1 Å². The normalized spacial score (nSPS) is 10.4. The lowest BCUT2D eigenvalue weighted by molar-refractivity contribution is 0.0950. The van der Waals surface area contributed by atoms with E-state index in [1.54, 1.807) is 24.8 Å². The fraction of sp³-hybridized carbons (Fsp3) is 0.0556. The number of carbonyl (C=O) groups is 1. The van der Waals surface area contributed by atoms with Crippen molar-refractivity contribution in [3.8, 4) is 11.1 Å². The molecule has 3 aromatic rings. The molecule has 24 heavy (non-hydrogen) atoms. The lowest BCUT2D eigenvalue weighted by Crippen LogP contribution is -2.23. The molecular formula is C18H13F2N3O. The van der Waals surface area contributed by atoms with Crippen LogP contribution in [0.4, 0.5) is 8.78 Å². The van der Waals surface area contributed by atoms with Gasteiger partial charge in [-0.15, -0.1) is 0 Å². The maximum absolute atomic E-state index is 13.2. The number of hydrogen-bond donors (Lipinski definition) is 1. The van der Waals surface area contributed by atoms with Gasteiger partial charge < -0.3 is 5.32 Å². The zero-order valence-electron chi connectivity index (χ0n) is 12.5. The Morgan fingerprint density at radius 1 is 0.958 bits per heavy atom. The Kier molecular flexibility index (Phi) is 4.56. The molecule has 0 radical (unpaired) electrons. The third-order valence-electron chi connectivity index (χ3n) is 3.42. The first-order chi connectivity index (χ1) is 11.6. The lowest BCUT2D eigenvalue weighted by atomic mass is 10.1. The molecule has 0 saturated heterocycles. The SMILES string of the molecule is O=C(NCc1cncc(-c2cccnc2)c1)c1ccc(F)c(F)c1. The predicted octanol–water partition coefficient (Wildman–Crippen LogP) is 3.35. The van der Waals surface area contributed by atoms with Gasteiger partial charge in [0.05, 0.1) is 0 Å². The molecular weight excluding hydrogens is 312 g/mol. The smallest absolute Gasteiger partial charge is 0.251 e. The van der Waals surface area contributed by atoms with Gasteiger partial charge in [0.25, 0.3) is 5.91 Å². The highest BCUT2D eigenvalue weighted by Gasteiger charge is 2.09. The van der Waals surface area contributed by atoms with E-state index in [1.807, 2.05) is 18.2 Å².